The Kier molecular flexibility index (Phi) is 3.85. The van der Waals surface area contributed by atoms with Gasteiger partial charge in [-0.15, -0.1) is 11.3 Å². The summed E-state index contributed by atoms with van der Waals surface area (Å²) in [6.45, 7) is 0. The van der Waals surface area contributed by atoms with E-state index in [9.17, 15) is 9.18 Å². The molecule has 6 heteroatoms. The molecule has 0 aliphatic rings. The zero-order valence-electron chi connectivity index (χ0n) is 10.5. The number of para-hydroxylation sites is 1. The van der Waals surface area contributed by atoms with Crippen LogP contribution in [0, 0.1) is 5.82 Å². The van der Waals surface area contributed by atoms with Gasteiger partial charge in [-0.3, -0.25) is 4.79 Å². The first-order valence-corrected chi connectivity index (χ1v) is 7.57. The summed E-state index contributed by atoms with van der Waals surface area (Å²) in [5, 5.41) is 4.19. The minimum Gasteiger partial charge on any atom is -0.319 e. The van der Waals surface area contributed by atoms with E-state index in [4.69, 9.17) is 23.2 Å². The highest BCUT2D eigenvalue weighted by Crippen LogP contribution is 2.37. The maximum Gasteiger partial charge on any atom is 0.267 e. The van der Waals surface area contributed by atoms with E-state index in [0.29, 0.717) is 14.9 Å². The number of nitrogens with one attached hydrogen (secondary N) is 1. The van der Waals surface area contributed by atoms with Crippen molar-refractivity contribution in [3.05, 3.63) is 63.2 Å². The number of carbonyl (C=O) groups excluding carboxylic acids is 1. The van der Waals surface area contributed by atoms with Gasteiger partial charge in [0.15, 0.2) is 0 Å². The van der Waals surface area contributed by atoms with Gasteiger partial charge in [0.05, 0.1) is 10.7 Å². The van der Waals surface area contributed by atoms with E-state index in [1.807, 2.05) is 0 Å². The second kappa shape index (κ2) is 5.64. The monoisotopic (exact) mass is 339 g/mol. The number of halogens is 3. The van der Waals surface area contributed by atoms with E-state index < -0.39 is 11.7 Å². The normalized spacial score (nSPS) is 10.8. The molecular weight excluding hydrogens is 332 g/mol. The molecule has 3 aromatic rings. The number of hydrogen-bond acceptors (Lipinski definition) is 2. The zero-order chi connectivity index (χ0) is 15.0. The lowest BCUT2D eigenvalue weighted by molar-refractivity contribution is 0.103. The first kappa shape index (κ1) is 14.3. The molecule has 1 amide bonds. The number of benzene rings is 2. The molecule has 0 fully saturated rings. The fourth-order valence-corrected chi connectivity index (χ4v) is 3.62. The van der Waals surface area contributed by atoms with E-state index in [0.717, 1.165) is 10.1 Å². The Morgan fingerprint density at radius 2 is 1.90 bits per heavy atom. The molecule has 0 spiro atoms. The van der Waals surface area contributed by atoms with Crippen molar-refractivity contribution in [2.75, 3.05) is 5.32 Å². The molecule has 1 aromatic heterocycles. The standard InChI is InChI=1S/C15H8Cl2FNOS/c16-8-5-6-9-12(7-8)21-14(13(9)17)15(20)19-11-4-2-1-3-10(11)18/h1-7H,(H,19,20). The van der Waals surface area contributed by atoms with Crippen LogP contribution in [0.3, 0.4) is 0 Å². The predicted octanol–water partition coefficient (Wildman–Crippen LogP) is 5.60. The topological polar surface area (TPSA) is 29.1 Å². The van der Waals surface area contributed by atoms with Crippen LogP contribution >= 0.6 is 34.5 Å². The second-order valence-electron chi connectivity index (χ2n) is 4.32. The van der Waals surface area contributed by atoms with Crippen LogP contribution in [0.4, 0.5) is 10.1 Å². The molecule has 0 aliphatic carbocycles. The van der Waals surface area contributed by atoms with Crippen LogP contribution in [0.15, 0.2) is 42.5 Å². The third-order valence-electron chi connectivity index (χ3n) is 2.92. The van der Waals surface area contributed by atoms with Crippen LogP contribution < -0.4 is 5.32 Å². The number of rotatable bonds is 2. The summed E-state index contributed by atoms with van der Waals surface area (Å²) in [7, 11) is 0. The summed E-state index contributed by atoms with van der Waals surface area (Å²) >= 11 is 13.4. The Bertz CT molecular complexity index is 847. The van der Waals surface area contributed by atoms with Gasteiger partial charge in [0, 0.05) is 15.1 Å². The van der Waals surface area contributed by atoms with Crippen molar-refractivity contribution >= 4 is 56.2 Å². The molecule has 0 bridgehead atoms. The summed E-state index contributed by atoms with van der Waals surface area (Å²) in [5.74, 6) is -0.937. The Morgan fingerprint density at radius 1 is 1.14 bits per heavy atom. The first-order chi connectivity index (χ1) is 10.1. The summed E-state index contributed by atoms with van der Waals surface area (Å²) in [5.41, 5.74) is 0.119. The van der Waals surface area contributed by atoms with Crippen molar-refractivity contribution < 1.29 is 9.18 Å². The van der Waals surface area contributed by atoms with Gasteiger partial charge < -0.3 is 5.32 Å². The zero-order valence-corrected chi connectivity index (χ0v) is 12.8. The van der Waals surface area contributed by atoms with Crippen molar-refractivity contribution in [1.82, 2.24) is 0 Å². The summed E-state index contributed by atoms with van der Waals surface area (Å²) in [4.78, 5) is 12.6. The van der Waals surface area contributed by atoms with Gasteiger partial charge in [0.1, 0.15) is 10.7 Å². The summed E-state index contributed by atoms with van der Waals surface area (Å²) < 4.78 is 14.4. The third kappa shape index (κ3) is 2.75. The Balaban J connectivity index is 1.98. The van der Waals surface area contributed by atoms with Crippen LogP contribution in [0.5, 0.6) is 0 Å². The predicted molar refractivity (Wildman–Crippen MR) is 86.2 cm³/mol. The van der Waals surface area contributed by atoms with Crippen LogP contribution in [-0.2, 0) is 0 Å². The molecule has 106 valence electrons. The number of hydrogen-bond donors (Lipinski definition) is 1. The van der Waals surface area contributed by atoms with E-state index in [-0.39, 0.29) is 5.69 Å². The van der Waals surface area contributed by atoms with Crippen molar-refractivity contribution in [2.45, 2.75) is 0 Å². The Hall–Kier alpha value is -1.62. The van der Waals surface area contributed by atoms with Gasteiger partial charge in [0.25, 0.3) is 5.91 Å². The molecular formula is C15H8Cl2FNOS. The smallest absolute Gasteiger partial charge is 0.267 e. The Labute approximate surface area is 134 Å². The maximum atomic E-state index is 13.6. The number of amides is 1. The minimum absolute atomic E-state index is 0.119. The van der Waals surface area contributed by atoms with Gasteiger partial charge in [-0.1, -0.05) is 41.4 Å². The minimum atomic E-state index is -0.494. The van der Waals surface area contributed by atoms with E-state index in [1.165, 1.54) is 23.5 Å². The fraction of sp³-hybridized carbons (Fsp3) is 0. The van der Waals surface area contributed by atoms with Crippen molar-refractivity contribution in [3.63, 3.8) is 0 Å². The number of anilines is 1. The number of carbonyl (C=O) groups is 1. The summed E-state index contributed by atoms with van der Waals surface area (Å²) in [6.07, 6.45) is 0. The van der Waals surface area contributed by atoms with E-state index in [2.05, 4.69) is 5.32 Å². The van der Waals surface area contributed by atoms with Gasteiger partial charge in [-0.05, 0) is 24.3 Å². The maximum absolute atomic E-state index is 13.6. The molecule has 2 aromatic carbocycles. The molecule has 1 N–H and O–H groups in total. The van der Waals surface area contributed by atoms with Crippen molar-refractivity contribution in [3.8, 4) is 0 Å². The summed E-state index contributed by atoms with van der Waals surface area (Å²) in [6, 6.07) is 11.2. The number of thiophene rings is 1. The fourth-order valence-electron chi connectivity index (χ4n) is 1.93. The molecule has 0 atom stereocenters. The molecule has 2 nitrogen and oxygen atoms in total. The highest BCUT2D eigenvalue weighted by molar-refractivity contribution is 7.21. The van der Waals surface area contributed by atoms with E-state index in [1.54, 1.807) is 30.3 Å². The van der Waals surface area contributed by atoms with Crippen LogP contribution in [-0.4, -0.2) is 5.91 Å². The molecule has 0 saturated carbocycles. The van der Waals surface area contributed by atoms with E-state index >= 15 is 0 Å². The molecule has 0 aliphatic heterocycles. The van der Waals surface area contributed by atoms with Crippen molar-refractivity contribution in [2.24, 2.45) is 0 Å². The lowest BCUT2D eigenvalue weighted by Crippen LogP contribution is -2.11. The molecule has 1 heterocycles. The lowest BCUT2D eigenvalue weighted by Gasteiger charge is -2.04. The Morgan fingerprint density at radius 3 is 2.67 bits per heavy atom. The molecule has 21 heavy (non-hydrogen) atoms. The van der Waals surface area contributed by atoms with Crippen LogP contribution in [0.2, 0.25) is 10.0 Å². The van der Waals surface area contributed by atoms with Gasteiger partial charge in [0.2, 0.25) is 0 Å². The quantitative estimate of drug-likeness (QED) is 0.646. The van der Waals surface area contributed by atoms with Crippen LogP contribution in [0.25, 0.3) is 10.1 Å². The molecule has 0 unspecified atom stereocenters. The highest BCUT2D eigenvalue weighted by Gasteiger charge is 2.18. The molecule has 0 radical (unpaired) electrons. The second-order valence-corrected chi connectivity index (χ2v) is 6.19. The molecule has 3 rings (SSSR count). The van der Waals surface area contributed by atoms with Gasteiger partial charge in [-0.2, -0.15) is 0 Å². The largest absolute Gasteiger partial charge is 0.319 e. The SMILES string of the molecule is O=C(Nc1ccccc1F)c1sc2cc(Cl)ccc2c1Cl. The van der Waals surface area contributed by atoms with Crippen molar-refractivity contribution in [1.29, 1.82) is 0 Å². The van der Waals surface area contributed by atoms with Gasteiger partial charge >= 0.3 is 0 Å². The number of fused-ring (bicyclic) bond motifs is 1. The first-order valence-electron chi connectivity index (χ1n) is 5.99. The highest BCUT2D eigenvalue weighted by atomic mass is 35.5. The van der Waals surface area contributed by atoms with Gasteiger partial charge in [-0.25, -0.2) is 4.39 Å². The third-order valence-corrected chi connectivity index (χ3v) is 4.81. The van der Waals surface area contributed by atoms with Crippen LogP contribution in [0.1, 0.15) is 9.67 Å². The molecule has 0 saturated heterocycles. The average Bonchev–Trinajstić information content (AvgIpc) is 2.78. The average molecular weight is 340 g/mol. The lowest BCUT2D eigenvalue weighted by atomic mass is 10.2.